The van der Waals surface area contributed by atoms with E-state index in [4.69, 9.17) is 0 Å². The molecule has 1 saturated heterocycles. The van der Waals surface area contributed by atoms with Crippen molar-refractivity contribution in [3.05, 3.63) is 0 Å². The van der Waals surface area contributed by atoms with E-state index in [1.54, 1.807) is 4.90 Å². The summed E-state index contributed by atoms with van der Waals surface area (Å²) in [6.45, 7) is 11.2. The normalized spacial score (nSPS) is 22.1. The van der Waals surface area contributed by atoms with Gasteiger partial charge in [-0.15, -0.1) is 0 Å². The van der Waals surface area contributed by atoms with Gasteiger partial charge in [0.25, 0.3) is 0 Å². The van der Waals surface area contributed by atoms with Crippen LogP contribution in [0.5, 0.6) is 0 Å². The van der Waals surface area contributed by atoms with Gasteiger partial charge in [0.05, 0.1) is 13.1 Å². The van der Waals surface area contributed by atoms with Crippen LogP contribution in [-0.2, 0) is 0 Å². The van der Waals surface area contributed by atoms with Gasteiger partial charge >= 0.3 is 0 Å². The second kappa shape index (κ2) is 5.21. The molecule has 0 spiro atoms. The molecule has 1 fully saturated rings. The predicted octanol–water partition coefficient (Wildman–Crippen LogP) is 0.856. The van der Waals surface area contributed by atoms with E-state index in [1.165, 1.54) is 32.4 Å². The van der Waals surface area contributed by atoms with E-state index in [2.05, 4.69) is 11.8 Å². The van der Waals surface area contributed by atoms with Crippen LogP contribution < -0.4 is 4.90 Å². The second-order valence-electron chi connectivity index (χ2n) is 6.11. The fourth-order valence-corrected chi connectivity index (χ4v) is 1.76. The summed E-state index contributed by atoms with van der Waals surface area (Å²) >= 11 is 0. The maximum atomic E-state index is 10.2. The molecule has 1 heterocycles. The third-order valence-electron chi connectivity index (χ3n) is 3.69. The molecule has 1 aliphatic rings. The van der Waals surface area contributed by atoms with Crippen molar-refractivity contribution in [3.63, 3.8) is 0 Å². The zero-order valence-electron chi connectivity index (χ0n) is 11.2. The molecule has 92 valence electrons. The largest absolute Gasteiger partial charge is 0.377 e. The molecule has 2 nitrogen and oxygen atoms in total. The van der Waals surface area contributed by atoms with E-state index in [9.17, 15) is 5.11 Å². The highest BCUT2D eigenvalue weighted by Crippen LogP contribution is 2.28. The van der Waals surface area contributed by atoms with E-state index >= 15 is 0 Å². The first-order chi connectivity index (χ1) is 7.33. The monoisotopic (exact) mass is 224 g/mol. The third kappa shape index (κ3) is 3.81. The molecule has 2 heteroatoms. The molecule has 0 radical (unpaired) electrons. The molecule has 16 heavy (non-hydrogen) atoms. The quantitative estimate of drug-likeness (QED) is 0.634. The molecule has 0 aliphatic carbocycles. The molecular weight excluding hydrogens is 198 g/mol. The van der Waals surface area contributed by atoms with Crippen molar-refractivity contribution < 1.29 is 10.0 Å². The fourth-order valence-electron chi connectivity index (χ4n) is 1.76. The van der Waals surface area contributed by atoms with Crippen molar-refractivity contribution in [3.8, 4) is 11.8 Å². The van der Waals surface area contributed by atoms with Gasteiger partial charge in [-0.3, -0.25) is 0 Å². The van der Waals surface area contributed by atoms with Crippen molar-refractivity contribution in [2.45, 2.75) is 52.6 Å². The number of hydrogen-bond donors (Lipinski definition) is 2. The van der Waals surface area contributed by atoms with Crippen molar-refractivity contribution in [2.24, 2.45) is 5.41 Å². The highest BCUT2D eigenvalue weighted by Gasteiger charge is 2.33. The third-order valence-corrected chi connectivity index (χ3v) is 3.69. The predicted molar refractivity (Wildman–Crippen MR) is 67.3 cm³/mol. The van der Waals surface area contributed by atoms with Gasteiger partial charge in [0.2, 0.25) is 0 Å². The first kappa shape index (κ1) is 13.5. The van der Waals surface area contributed by atoms with Crippen LogP contribution in [0.3, 0.4) is 0 Å². The molecule has 0 aromatic heterocycles. The van der Waals surface area contributed by atoms with Gasteiger partial charge in [-0.25, -0.2) is 0 Å². The maximum Gasteiger partial charge on any atom is 0.139 e. The Morgan fingerprint density at radius 1 is 1.06 bits per heavy atom. The van der Waals surface area contributed by atoms with Crippen LogP contribution in [0.1, 0.15) is 47.0 Å². The lowest BCUT2D eigenvalue weighted by molar-refractivity contribution is -0.897. The average Bonchev–Trinajstić information content (AvgIpc) is 2.17. The van der Waals surface area contributed by atoms with Gasteiger partial charge in [0, 0.05) is 5.41 Å². The molecule has 1 rings (SSSR count). The number of likely N-dealkylation sites (tertiary alicyclic amines) is 1. The van der Waals surface area contributed by atoms with Gasteiger partial charge in [-0.05, 0) is 32.1 Å². The molecule has 0 bridgehead atoms. The number of nitrogens with one attached hydrogen (secondary N) is 1. The van der Waals surface area contributed by atoms with Crippen molar-refractivity contribution in [2.75, 3.05) is 19.6 Å². The summed E-state index contributed by atoms with van der Waals surface area (Å²) in [4.78, 5) is 1.57. The molecule has 0 saturated carbocycles. The van der Waals surface area contributed by atoms with Gasteiger partial charge in [0.15, 0.2) is 0 Å². The van der Waals surface area contributed by atoms with E-state index in [0.29, 0.717) is 0 Å². The summed E-state index contributed by atoms with van der Waals surface area (Å²) < 4.78 is 0. The zero-order valence-corrected chi connectivity index (χ0v) is 11.2. The molecule has 1 aliphatic heterocycles. The molecule has 1 atom stereocenters. The zero-order chi connectivity index (χ0) is 12.2. The van der Waals surface area contributed by atoms with E-state index in [0.717, 1.165) is 6.54 Å². The van der Waals surface area contributed by atoms with E-state index in [-0.39, 0.29) is 5.41 Å². The molecular formula is C14H26NO+. The van der Waals surface area contributed by atoms with Gasteiger partial charge in [-0.2, -0.15) is 0 Å². The van der Waals surface area contributed by atoms with Crippen LogP contribution in [0.25, 0.3) is 0 Å². The van der Waals surface area contributed by atoms with Crippen molar-refractivity contribution >= 4 is 0 Å². The highest BCUT2D eigenvalue weighted by atomic mass is 16.3. The Labute approximate surface area is 100 Å². The standard InChI is InChI=1S/C14H25NO/c1-13(2,3)14(4,16)9-8-12-15-10-6-5-7-11-15/h16H,5-7,10-12H2,1-4H3/p+1/t14-/m0/s1. The minimum Gasteiger partial charge on any atom is -0.377 e. The lowest BCUT2D eigenvalue weighted by Crippen LogP contribution is -3.12. The van der Waals surface area contributed by atoms with Gasteiger partial charge in [-0.1, -0.05) is 26.7 Å². The fraction of sp³-hybridized carbons (Fsp3) is 0.857. The first-order valence-electron chi connectivity index (χ1n) is 6.39. The van der Waals surface area contributed by atoms with Gasteiger partial charge in [0.1, 0.15) is 12.1 Å². The highest BCUT2D eigenvalue weighted by molar-refractivity contribution is 5.16. The van der Waals surface area contributed by atoms with Crippen LogP contribution in [0.4, 0.5) is 0 Å². The number of rotatable bonds is 1. The van der Waals surface area contributed by atoms with Crippen LogP contribution in [0.15, 0.2) is 0 Å². The molecule has 0 aromatic rings. The summed E-state index contributed by atoms with van der Waals surface area (Å²) in [5, 5.41) is 10.2. The first-order valence-corrected chi connectivity index (χ1v) is 6.39. The summed E-state index contributed by atoms with van der Waals surface area (Å²) in [7, 11) is 0. The lowest BCUT2D eigenvalue weighted by Gasteiger charge is -2.32. The Morgan fingerprint density at radius 3 is 2.12 bits per heavy atom. The SMILES string of the molecule is CC(C)(C)[C@@](C)(O)C#CC[NH+]1CCCCC1. The van der Waals surface area contributed by atoms with Crippen LogP contribution in [0.2, 0.25) is 0 Å². The van der Waals surface area contributed by atoms with E-state index < -0.39 is 5.60 Å². The Kier molecular flexibility index (Phi) is 4.41. The smallest absolute Gasteiger partial charge is 0.139 e. The summed E-state index contributed by atoms with van der Waals surface area (Å²) in [6, 6.07) is 0. The van der Waals surface area contributed by atoms with Crippen molar-refractivity contribution in [1.29, 1.82) is 0 Å². The minimum atomic E-state index is -0.887. The summed E-state index contributed by atoms with van der Waals surface area (Å²) in [5.41, 5.74) is -1.07. The molecule has 2 N–H and O–H groups in total. The van der Waals surface area contributed by atoms with Crippen LogP contribution in [-0.4, -0.2) is 30.3 Å². The molecule has 0 unspecified atom stereocenters. The summed E-state index contributed by atoms with van der Waals surface area (Å²) in [5.74, 6) is 6.20. The Bertz CT molecular complexity index is 271. The Hall–Kier alpha value is -0.520. The number of hydrogen-bond acceptors (Lipinski definition) is 1. The number of piperidine rings is 1. The Morgan fingerprint density at radius 2 is 1.62 bits per heavy atom. The minimum absolute atomic E-state index is 0.183. The number of aliphatic hydroxyl groups is 1. The van der Waals surface area contributed by atoms with Crippen LogP contribution >= 0.6 is 0 Å². The number of quaternary nitrogens is 1. The molecule has 0 amide bonds. The summed E-state index contributed by atoms with van der Waals surface area (Å²) in [6.07, 6.45) is 4.02. The second-order valence-corrected chi connectivity index (χ2v) is 6.11. The average molecular weight is 224 g/mol. The van der Waals surface area contributed by atoms with E-state index in [1.807, 2.05) is 27.7 Å². The topological polar surface area (TPSA) is 24.7 Å². The maximum absolute atomic E-state index is 10.2. The van der Waals surface area contributed by atoms with Crippen LogP contribution in [0, 0.1) is 17.3 Å². The van der Waals surface area contributed by atoms with Gasteiger partial charge < -0.3 is 10.0 Å². The Balaban J connectivity index is 2.47. The lowest BCUT2D eigenvalue weighted by atomic mass is 9.78. The van der Waals surface area contributed by atoms with Crippen molar-refractivity contribution in [1.82, 2.24) is 0 Å². The molecule has 0 aromatic carbocycles.